The lowest BCUT2D eigenvalue weighted by molar-refractivity contribution is 0.0950. The van der Waals surface area contributed by atoms with E-state index in [9.17, 15) is 14.7 Å². The number of hydrogen-bond donors (Lipinski definition) is 2. The summed E-state index contributed by atoms with van der Waals surface area (Å²) in [5, 5.41) is 12.7. The maximum atomic E-state index is 12.6. The van der Waals surface area contributed by atoms with Gasteiger partial charge in [-0.3, -0.25) is 9.59 Å². The predicted molar refractivity (Wildman–Crippen MR) is 109 cm³/mol. The third-order valence-corrected chi connectivity index (χ3v) is 4.35. The minimum atomic E-state index is -0.405. The van der Waals surface area contributed by atoms with Gasteiger partial charge in [-0.1, -0.05) is 30.3 Å². The average Bonchev–Trinajstić information content (AvgIpc) is 2.74. The minimum absolute atomic E-state index is 0.0158. The zero-order chi connectivity index (χ0) is 20.8. The number of carbonyl (C=O) groups excluding carboxylic acids is 2. The first-order valence-corrected chi connectivity index (χ1v) is 8.98. The Bertz CT molecular complexity index is 1030. The fourth-order valence-corrected chi connectivity index (χ4v) is 2.80. The molecule has 0 heterocycles. The Balaban J connectivity index is 1.79. The summed E-state index contributed by atoms with van der Waals surface area (Å²) < 4.78 is 11.0. The molecule has 0 aliphatic rings. The van der Waals surface area contributed by atoms with Crippen LogP contribution in [0.1, 0.15) is 31.8 Å². The van der Waals surface area contributed by atoms with E-state index in [-0.39, 0.29) is 29.2 Å². The Morgan fingerprint density at radius 1 is 1.07 bits per heavy atom. The fourth-order valence-electron chi connectivity index (χ4n) is 2.80. The molecule has 148 valence electrons. The molecule has 0 saturated carbocycles. The maximum Gasteiger partial charge on any atom is 0.251 e. The van der Waals surface area contributed by atoms with Gasteiger partial charge in [0, 0.05) is 17.7 Å². The van der Waals surface area contributed by atoms with E-state index >= 15 is 0 Å². The summed E-state index contributed by atoms with van der Waals surface area (Å²) in [6.07, 6.45) is 0.473. The van der Waals surface area contributed by atoms with Crippen LogP contribution in [-0.4, -0.2) is 24.4 Å². The number of ether oxygens (including phenoxy) is 2. The monoisotopic (exact) mass is 391 g/mol. The predicted octanol–water partition coefficient (Wildman–Crippen LogP) is 4.24. The van der Waals surface area contributed by atoms with Gasteiger partial charge < -0.3 is 19.9 Å². The van der Waals surface area contributed by atoms with Gasteiger partial charge in [-0.25, -0.2) is 0 Å². The first kappa shape index (κ1) is 19.9. The topological polar surface area (TPSA) is 84.9 Å². The first-order chi connectivity index (χ1) is 14.0. The molecule has 0 aromatic heterocycles. The first-order valence-electron chi connectivity index (χ1n) is 8.98. The molecule has 0 unspecified atom stereocenters. The highest BCUT2D eigenvalue weighted by molar-refractivity contribution is 5.97. The Hall–Kier alpha value is -3.80. The third-order valence-electron chi connectivity index (χ3n) is 4.35. The number of aromatic hydroxyl groups is 1. The van der Waals surface area contributed by atoms with E-state index in [4.69, 9.17) is 9.47 Å². The number of amides is 1. The number of phenols is 1. The summed E-state index contributed by atoms with van der Waals surface area (Å²) in [5.41, 5.74) is 2.02. The molecule has 3 aromatic carbocycles. The number of aryl methyl sites for hydroxylation is 1. The number of hydrogen-bond acceptors (Lipinski definition) is 5. The van der Waals surface area contributed by atoms with Crippen molar-refractivity contribution in [3.8, 4) is 23.0 Å². The van der Waals surface area contributed by atoms with Gasteiger partial charge in [-0.2, -0.15) is 0 Å². The van der Waals surface area contributed by atoms with E-state index < -0.39 is 5.91 Å². The number of carbonyl (C=O) groups is 2. The number of rotatable bonds is 7. The third kappa shape index (κ3) is 4.73. The Morgan fingerprint density at radius 2 is 1.83 bits per heavy atom. The summed E-state index contributed by atoms with van der Waals surface area (Å²) in [6.45, 7) is 2.19. The van der Waals surface area contributed by atoms with Crippen LogP contribution in [0, 0.1) is 6.92 Å². The lowest BCUT2D eigenvalue weighted by Crippen LogP contribution is -2.23. The molecule has 0 fully saturated rings. The number of phenolic OH excluding ortho intramolecular Hbond substituents is 1. The van der Waals surface area contributed by atoms with Crippen molar-refractivity contribution in [1.29, 1.82) is 0 Å². The second kappa shape index (κ2) is 8.93. The number of nitrogens with one attached hydrogen (secondary N) is 1. The van der Waals surface area contributed by atoms with Gasteiger partial charge in [0.25, 0.3) is 5.91 Å². The molecule has 6 nitrogen and oxygen atoms in total. The second-order valence-corrected chi connectivity index (χ2v) is 6.44. The van der Waals surface area contributed by atoms with Gasteiger partial charge in [-0.15, -0.1) is 0 Å². The summed E-state index contributed by atoms with van der Waals surface area (Å²) in [7, 11) is 1.35. The summed E-state index contributed by atoms with van der Waals surface area (Å²) >= 11 is 0. The van der Waals surface area contributed by atoms with Crippen LogP contribution in [0.2, 0.25) is 0 Å². The smallest absolute Gasteiger partial charge is 0.251 e. The largest absolute Gasteiger partial charge is 0.504 e. The second-order valence-electron chi connectivity index (χ2n) is 6.44. The van der Waals surface area contributed by atoms with Crippen LogP contribution >= 0.6 is 0 Å². The van der Waals surface area contributed by atoms with E-state index in [1.807, 2.05) is 55.5 Å². The van der Waals surface area contributed by atoms with Crippen LogP contribution in [0.5, 0.6) is 23.0 Å². The molecule has 0 radical (unpaired) electrons. The lowest BCUT2D eigenvalue weighted by atomic mass is 10.1. The molecule has 0 bridgehead atoms. The van der Waals surface area contributed by atoms with E-state index in [2.05, 4.69) is 5.32 Å². The number of aldehydes is 1. The molecule has 0 aliphatic heterocycles. The Kier molecular flexibility index (Phi) is 6.14. The van der Waals surface area contributed by atoms with Crippen molar-refractivity contribution >= 4 is 12.2 Å². The molecule has 3 aromatic rings. The van der Waals surface area contributed by atoms with Gasteiger partial charge in [0.1, 0.15) is 11.5 Å². The SMILES string of the molecule is COc1cc(C(=O)NCc2ccc(C)cc2Oc2ccccc2)cc(C=O)c1O. The van der Waals surface area contributed by atoms with Crippen LogP contribution in [0.4, 0.5) is 0 Å². The van der Waals surface area contributed by atoms with Crippen molar-refractivity contribution in [2.45, 2.75) is 13.5 Å². The van der Waals surface area contributed by atoms with E-state index in [1.54, 1.807) is 0 Å². The van der Waals surface area contributed by atoms with E-state index in [0.717, 1.165) is 11.1 Å². The van der Waals surface area contributed by atoms with Gasteiger partial charge in [0.05, 0.1) is 12.7 Å². The summed E-state index contributed by atoms with van der Waals surface area (Å²) in [4.78, 5) is 23.7. The van der Waals surface area contributed by atoms with Crippen LogP contribution in [0.25, 0.3) is 0 Å². The quantitative estimate of drug-likeness (QED) is 0.589. The van der Waals surface area contributed by atoms with Crippen LogP contribution < -0.4 is 14.8 Å². The molecule has 1 amide bonds. The van der Waals surface area contributed by atoms with E-state index in [0.29, 0.717) is 17.8 Å². The zero-order valence-electron chi connectivity index (χ0n) is 16.1. The average molecular weight is 391 g/mol. The maximum absolute atomic E-state index is 12.6. The highest BCUT2D eigenvalue weighted by Crippen LogP contribution is 2.31. The van der Waals surface area contributed by atoms with Gasteiger partial charge >= 0.3 is 0 Å². The molecular formula is C23H21NO5. The highest BCUT2D eigenvalue weighted by Gasteiger charge is 2.15. The normalized spacial score (nSPS) is 10.3. The van der Waals surface area contributed by atoms with Crippen molar-refractivity contribution < 1.29 is 24.2 Å². The molecule has 6 heteroatoms. The van der Waals surface area contributed by atoms with Crippen LogP contribution in [0.15, 0.2) is 60.7 Å². The van der Waals surface area contributed by atoms with Crippen molar-refractivity contribution in [3.05, 3.63) is 82.9 Å². The van der Waals surface area contributed by atoms with Crippen LogP contribution in [-0.2, 0) is 6.54 Å². The highest BCUT2D eigenvalue weighted by atomic mass is 16.5. The Morgan fingerprint density at radius 3 is 2.52 bits per heavy atom. The summed E-state index contributed by atoms with van der Waals surface area (Å²) in [6, 6.07) is 17.8. The van der Waals surface area contributed by atoms with Gasteiger partial charge in [0.2, 0.25) is 0 Å². The zero-order valence-corrected chi connectivity index (χ0v) is 16.1. The van der Waals surface area contributed by atoms with E-state index in [1.165, 1.54) is 19.2 Å². The van der Waals surface area contributed by atoms with Crippen LogP contribution in [0.3, 0.4) is 0 Å². The molecule has 29 heavy (non-hydrogen) atoms. The molecule has 3 rings (SSSR count). The van der Waals surface area contributed by atoms with Gasteiger partial charge in [-0.05, 0) is 42.8 Å². The van der Waals surface area contributed by atoms with Crippen molar-refractivity contribution in [2.24, 2.45) is 0 Å². The number of methoxy groups -OCH3 is 1. The summed E-state index contributed by atoms with van der Waals surface area (Å²) in [5.74, 6) is 0.704. The van der Waals surface area contributed by atoms with Crippen molar-refractivity contribution in [1.82, 2.24) is 5.32 Å². The fraction of sp³-hybridized carbons (Fsp3) is 0.130. The molecule has 0 aliphatic carbocycles. The number of benzene rings is 3. The lowest BCUT2D eigenvalue weighted by Gasteiger charge is -2.14. The molecule has 0 spiro atoms. The standard InChI is InChI=1S/C23H21NO5/c1-15-8-9-16(20(10-15)29-19-6-4-3-5-7-19)13-24-23(27)17-11-18(14-25)22(26)21(12-17)28-2/h3-12,14,26H,13H2,1-2H3,(H,24,27). The molecule has 0 atom stereocenters. The van der Waals surface area contributed by atoms with Gasteiger partial charge in [0.15, 0.2) is 17.8 Å². The minimum Gasteiger partial charge on any atom is -0.504 e. The van der Waals surface area contributed by atoms with Crippen molar-refractivity contribution in [3.63, 3.8) is 0 Å². The molecule has 0 saturated heterocycles. The molecular weight excluding hydrogens is 370 g/mol. The van der Waals surface area contributed by atoms with Crippen molar-refractivity contribution in [2.75, 3.05) is 7.11 Å². The molecule has 2 N–H and O–H groups in total. The number of para-hydroxylation sites is 1. The Labute approximate surface area is 168 Å².